The maximum Gasteiger partial charge on any atom is 0.335 e. The minimum atomic E-state index is -1.26. The van der Waals surface area contributed by atoms with Crippen LogP contribution < -0.4 is 17.1 Å². The summed E-state index contributed by atoms with van der Waals surface area (Å²) in [5.74, 6) is 1.45. The van der Waals surface area contributed by atoms with E-state index in [1.807, 2.05) is 36.5 Å². The summed E-state index contributed by atoms with van der Waals surface area (Å²) in [6.45, 7) is 37.9. The quantitative estimate of drug-likeness (QED) is 0.0384. The zero-order valence-electron chi connectivity index (χ0n) is 37.6. The maximum atomic E-state index is 15.0. The summed E-state index contributed by atoms with van der Waals surface area (Å²) in [5, 5.41) is 0. The van der Waals surface area contributed by atoms with Gasteiger partial charge in [0.1, 0.15) is 0 Å². The molecular weight excluding hydrogens is 751 g/mol. The SMILES string of the molecule is C=CCCCC(CC=C)[Si](CC(C)CC)Cn1c(=O)n(C[Si](CC(C)CC)C(CC=C)CCCC=C)c(=O)n(C[Si](CC(C)CC)C(CC=C)CCCC=C)c1=O. The summed E-state index contributed by atoms with van der Waals surface area (Å²) in [4.78, 5) is 45.0. The third-order valence-electron chi connectivity index (χ3n) is 12.4. The Bertz CT molecular complexity index is 1310. The van der Waals surface area contributed by atoms with Crippen molar-refractivity contribution in [2.45, 2.75) is 191 Å². The molecule has 0 aliphatic rings. The molecule has 0 saturated carbocycles. The molecule has 1 aromatic rings. The molecule has 0 saturated heterocycles. The topological polar surface area (TPSA) is 66.0 Å². The van der Waals surface area contributed by atoms with Gasteiger partial charge >= 0.3 is 17.1 Å². The van der Waals surface area contributed by atoms with Crippen molar-refractivity contribution < 1.29 is 0 Å². The lowest BCUT2D eigenvalue weighted by Gasteiger charge is -2.30. The Kier molecular flexibility index (Phi) is 28.1. The molecule has 3 radical (unpaired) electrons. The lowest BCUT2D eigenvalue weighted by molar-refractivity contribution is 0.503. The summed E-state index contributed by atoms with van der Waals surface area (Å²) >= 11 is 0. The Morgan fingerprint density at radius 1 is 0.456 bits per heavy atom. The van der Waals surface area contributed by atoms with Gasteiger partial charge in [-0.05, 0) is 92.2 Å². The molecule has 0 bridgehead atoms. The van der Waals surface area contributed by atoms with Crippen LogP contribution in [0, 0.1) is 17.8 Å². The van der Waals surface area contributed by atoms with Gasteiger partial charge in [-0.15, -0.1) is 39.5 Å². The van der Waals surface area contributed by atoms with Gasteiger partial charge in [0.05, 0.1) is 26.4 Å². The number of unbranched alkanes of at least 4 members (excludes halogenated alkanes) is 3. The minimum absolute atomic E-state index is 0.375. The van der Waals surface area contributed by atoms with Crippen LogP contribution in [0.3, 0.4) is 0 Å². The average Bonchev–Trinajstić information content (AvgIpc) is 3.20. The van der Waals surface area contributed by atoms with Crippen molar-refractivity contribution in [1.82, 2.24) is 13.7 Å². The highest BCUT2D eigenvalue weighted by Crippen LogP contribution is 2.32. The van der Waals surface area contributed by atoms with Crippen LogP contribution in [-0.2, 0) is 18.5 Å². The molecule has 1 aromatic heterocycles. The van der Waals surface area contributed by atoms with E-state index in [-0.39, 0.29) is 0 Å². The molecule has 0 spiro atoms. The molecule has 1 heterocycles. The molecule has 0 fully saturated rings. The van der Waals surface area contributed by atoms with Gasteiger partial charge in [0, 0.05) is 18.5 Å². The highest BCUT2D eigenvalue weighted by atomic mass is 28.3. The predicted molar refractivity (Wildman–Crippen MR) is 257 cm³/mol. The second-order valence-corrected chi connectivity index (χ2v) is 25.6. The molecule has 0 N–H and O–H groups in total. The Hall–Kier alpha value is -2.50. The van der Waals surface area contributed by atoms with E-state index < -0.39 is 43.5 Å². The Morgan fingerprint density at radius 3 is 0.895 bits per heavy atom. The van der Waals surface area contributed by atoms with Gasteiger partial charge in [-0.1, -0.05) is 135 Å². The van der Waals surface area contributed by atoms with Gasteiger partial charge in [0.25, 0.3) is 0 Å². The van der Waals surface area contributed by atoms with Crippen LogP contribution in [0.5, 0.6) is 0 Å². The number of hydrogen-bond donors (Lipinski definition) is 0. The molecule has 0 aromatic carbocycles. The number of aromatic nitrogens is 3. The third-order valence-corrected chi connectivity index (χ3v) is 23.2. The number of allylic oxidation sites excluding steroid dienone is 6. The van der Waals surface area contributed by atoms with Crippen LogP contribution in [-0.4, -0.2) is 40.1 Å². The van der Waals surface area contributed by atoms with Crippen LogP contribution in [0.1, 0.15) is 138 Å². The van der Waals surface area contributed by atoms with Crippen molar-refractivity contribution in [3.8, 4) is 0 Å². The fourth-order valence-electron chi connectivity index (χ4n) is 8.15. The highest BCUT2D eigenvalue weighted by molar-refractivity contribution is 6.60. The standard InChI is InChI=1S/C48H84N3O3Si3/c1-13-22-25-31-43(28-16-4)55(34-40(10)19-7)37-49-46(52)50(38-56(35-41(11)20-8)44(29-17-5)32-26-23-14-2)48(54)51(47(49)53)39-57(36-42(12)21-9)45(30-18-6)33-27-24-15-3/h13-18,40-45H,1-6,19-39H2,7-12H3. The van der Waals surface area contributed by atoms with Gasteiger partial charge in [0.2, 0.25) is 0 Å². The van der Waals surface area contributed by atoms with Crippen LogP contribution in [0.15, 0.2) is 90.3 Å². The first-order valence-electron chi connectivity index (χ1n) is 22.5. The largest absolute Gasteiger partial charge is 0.335 e. The van der Waals surface area contributed by atoms with Crippen molar-refractivity contribution in [2.75, 3.05) is 0 Å². The first-order chi connectivity index (χ1) is 27.4. The molecule has 6 atom stereocenters. The molecule has 57 heavy (non-hydrogen) atoms. The van der Waals surface area contributed by atoms with E-state index in [1.165, 1.54) is 0 Å². The fraction of sp³-hybridized carbons (Fsp3) is 0.688. The van der Waals surface area contributed by atoms with E-state index in [9.17, 15) is 0 Å². The lowest BCUT2D eigenvalue weighted by atomic mass is 10.1. The normalized spacial score (nSPS) is 14.9. The Morgan fingerprint density at radius 2 is 0.702 bits per heavy atom. The zero-order chi connectivity index (χ0) is 42.8. The monoisotopic (exact) mass is 835 g/mol. The molecular formula is C48H84N3O3Si3. The average molecular weight is 835 g/mol. The molecule has 6 unspecified atom stereocenters. The zero-order valence-corrected chi connectivity index (χ0v) is 40.6. The molecule has 321 valence electrons. The fourth-order valence-corrected chi connectivity index (χ4v) is 19.2. The van der Waals surface area contributed by atoms with E-state index in [2.05, 4.69) is 81.0 Å². The lowest BCUT2D eigenvalue weighted by Crippen LogP contribution is -2.58. The van der Waals surface area contributed by atoms with Gasteiger partial charge in [0.15, 0.2) is 0 Å². The first kappa shape index (κ1) is 52.5. The summed E-state index contributed by atoms with van der Waals surface area (Å²) < 4.78 is 4.65. The Labute approximate surface area is 354 Å². The van der Waals surface area contributed by atoms with Crippen molar-refractivity contribution in [1.29, 1.82) is 0 Å². The second kappa shape index (κ2) is 30.5. The Balaban J connectivity index is 4.24. The number of nitrogens with zero attached hydrogens (tertiary/aromatic N) is 3. The molecule has 0 amide bonds. The summed E-state index contributed by atoms with van der Waals surface area (Å²) in [7, 11) is -3.78. The number of rotatable bonds is 36. The highest BCUT2D eigenvalue weighted by Gasteiger charge is 2.32. The molecule has 1 rings (SSSR count). The van der Waals surface area contributed by atoms with Gasteiger partial charge in [-0.2, -0.15) is 0 Å². The van der Waals surface area contributed by atoms with E-state index in [0.717, 1.165) is 114 Å². The molecule has 9 heteroatoms. The number of hydrogen-bond acceptors (Lipinski definition) is 3. The first-order valence-corrected chi connectivity index (χ1v) is 28.5. The van der Waals surface area contributed by atoms with Crippen molar-refractivity contribution in [3.05, 3.63) is 107 Å². The predicted octanol–water partition coefficient (Wildman–Crippen LogP) is 12.3. The second-order valence-electron chi connectivity index (χ2n) is 17.1. The van der Waals surface area contributed by atoms with Crippen LogP contribution in [0.4, 0.5) is 0 Å². The molecule has 0 aliphatic carbocycles. The van der Waals surface area contributed by atoms with E-state index >= 15 is 14.4 Å². The maximum absolute atomic E-state index is 15.0. The molecule has 6 nitrogen and oxygen atoms in total. The van der Waals surface area contributed by atoms with Crippen molar-refractivity contribution in [2.24, 2.45) is 17.8 Å². The van der Waals surface area contributed by atoms with Crippen molar-refractivity contribution in [3.63, 3.8) is 0 Å². The van der Waals surface area contributed by atoms with Crippen LogP contribution in [0.25, 0.3) is 0 Å². The van der Waals surface area contributed by atoms with Crippen LogP contribution >= 0.6 is 0 Å². The van der Waals surface area contributed by atoms with Gasteiger partial charge < -0.3 is 0 Å². The summed E-state index contributed by atoms with van der Waals surface area (Å²) in [5.41, 5.74) is -0.0526. The molecule has 0 aliphatic heterocycles. The van der Waals surface area contributed by atoms with Crippen LogP contribution in [0.2, 0.25) is 34.8 Å². The summed E-state index contributed by atoms with van der Waals surface area (Å²) in [6, 6.07) is 3.04. The van der Waals surface area contributed by atoms with E-state index in [4.69, 9.17) is 0 Å². The third kappa shape index (κ3) is 18.5. The minimum Gasteiger partial charge on any atom is -0.248 e. The van der Waals surface area contributed by atoms with E-state index in [0.29, 0.717) is 52.9 Å². The summed E-state index contributed by atoms with van der Waals surface area (Å²) in [6.07, 6.45) is 28.1. The van der Waals surface area contributed by atoms with E-state index in [1.54, 1.807) is 13.7 Å². The smallest absolute Gasteiger partial charge is 0.248 e. The van der Waals surface area contributed by atoms with Gasteiger partial charge in [-0.3, -0.25) is 0 Å². The van der Waals surface area contributed by atoms with Gasteiger partial charge in [-0.25, -0.2) is 28.1 Å². The van der Waals surface area contributed by atoms with Crippen molar-refractivity contribution >= 4 is 26.4 Å².